The first kappa shape index (κ1) is 16.2. The van der Waals surface area contributed by atoms with Crippen molar-refractivity contribution in [2.75, 3.05) is 12.5 Å². The first-order valence-electron chi connectivity index (χ1n) is 6.98. The SMILES string of the molecule is COc1ccc(N/N=C/c2ccc(OC(C)C)c(Cl)c2)cc1. The van der Waals surface area contributed by atoms with Gasteiger partial charge < -0.3 is 9.47 Å². The molecule has 0 atom stereocenters. The van der Waals surface area contributed by atoms with Crippen LogP contribution < -0.4 is 14.9 Å². The lowest BCUT2D eigenvalue weighted by molar-refractivity contribution is 0.242. The Morgan fingerprint density at radius 3 is 2.45 bits per heavy atom. The maximum absolute atomic E-state index is 6.18. The summed E-state index contributed by atoms with van der Waals surface area (Å²) in [7, 11) is 1.64. The number of hydrazone groups is 1. The van der Waals surface area contributed by atoms with Gasteiger partial charge in [0.15, 0.2) is 0 Å². The molecular formula is C17H19ClN2O2. The smallest absolute Gasteiger partial charge is 0.138 e. The summed E-state index contributed by atoms with van der Waals surface area (Å²) >= 11 is 6.18. The number of hydrogen-bond acceptors (Lipinski definition) is 4. The van der Waals surface area contributed by atoms with Crippen molar-refractivity contribution in [3.05, 3.63) is 53.1 Å². The molecule has 0 amide bonds. The van der Waals surface area contributed by atoms with Gasteiger partial charge in [0.25, 0.3) is 0 Å². The standard InChI is InChI=1S/C17H19ClN2O2/c1-12(2)22-17-9-4-13(10-16(17)18)11-19-20-14-5-7-15(21-3)8-6-14/h4-12,20H,1-3H3/b19-11+. The van der Waals surface area contributed by atoms with Crippen molar-refractivity contribution >= 4 is 23.5 Å². The number of ether oxygens (including phenoxy) is 2. The van der Waals surface area contributed by atoms with Crippen molar-refractivity contribution < 1.29 is 9.47 Å². The summed E-state index contributed by atoms with van der Waals surface area (Å²) in [5.41, 5.74) is 4.72. The molecule has 0 radical (unpaired) electrons. The summed E-state index contributed by atoms with van der Waals surface area (Å²) in [6.45, 7) is 3.93. The predicted octanol–water partition coefficient (Wildman–Crippen LogP) is 4.58. The van der Waals surface area contributed by atoms with E-state index in [1.165, 1.54) is 0 Å². The van der Waals surface area contributed by atoms with Gasteiger partial charge >= 0.3 is 0 Å². The van der Waals surface area contributed by atoms with E-state index in [1.54, 1.807) is 13.3 Å². The van der Waals surface area contributed by atoms with Gasteiger partial charge in [-0.15, -0.1) is 0 Å². The van der Waals surface area contributed by atoms with Crippen LogP contribution in [0.3, 0.4) is 0 Å². The minimum atomic E-state index is 0.0914. The first-order chi connectivity index (χ1) is 10.6. The fourth-order valence-corrected chi connectivity index (χ4v) is 2.03. The molecule has 0 spiro atoms. The van der Waals surface area contributed by atoms with Gasteiger partial charge in [-0.05, 0) is 61.9 Å². The summed E-state index contributed by atoms with van der Waals surface area (Å²) in [6, 6.07) is 13.1. The average Bonchev–Trinajstić information content (AvgIpc) is 2.50. The third kappa shape index (κ3) is 4.67. The maximum atomic E-state index is 6.18. The largest absolute Gasteiger partial charge is 0.497 e. The van der Waals surface area contributed by atoms with Crippen molar-refractivity contribution in [2.45, 2.75) is 20.0 Å². The number of hydrogen-bond donors (Lipinski definition) is 1. The highest BCUT2D eigenvalue weighted by molar-refractivity contribution is 6.32. The van der Waals surface area contributed by atoms with E-state index in [0.29, 0.717) is 10.8 Å². The van der Waals surface area contributed by atoms with Crippen LogP contribution >= 0.6 is 11.6 Å². The second kappa shape index (κ2) is 7.71. The minimum absolute atomic E-state index is 0.0914. The zero-order chi connectivity index (χ0) is 15.9. The van der Waals surface area contributed by atoms with Crippen LogP contribution in [0.15, 0.2) is 47.6 Å². The van der Waals surface area contributed by atoms with Crippen LogP contribution in [0, 0.1) is 0 Å². The van der Waals surface area contributed by atoms with E-state index in [9.17, 15) is 0 Å². The highest BCUT2D eigenvalue weighted by Gasteiger charge is 2.04. The summed E-state index contributed by atoms with van der Waals surface area (Å²) < 4.78 is 10.7. The van der Waals surface area contributed by atoms with E-state index < -0.39 is 0 Å². The molecule has 2 aromatic carbocycles. The zero-order valence-corrected chi connectivity index (χ0v) is 13.6. The molecule has 116 valence electrons. The van der Waals surface area contributed by atoms with Crippen LogP contribution in [0.2, 0.25) is 5.02 Å². The third-order valence-electron chi connectivity index (χ3n) is 2.82. The second-order valence-electron chi connectivity index (χ2n) is 4.95. The van der Waals surface area contributed by atoms with Crippen molar-refractivity contribution in [1.82, 2.24) is 0 Å². The molecule has 0 bridgehead atoms. The van der Waals surface area contributed by atoms with Gasteiger partial charge in [-0.1, -0.05) is 11.6 Å². The van der Waals surface area contributed by atoms with Gasteiger partial charge in [0.1, 0.15) is 11.5 Å². The lowest BCUT2D eigenvalue weighted by Crippen LogP contribution is -2.05. The second-order valence-corrected chi connectivity index (χ2v) is 5.36. The van der Waals surface area contributed by atoms with E-state index in [0.717, 1.165) is 17.0 Å². The van der Waals surface area contributed by atoms with E-state index in [-0.39, 0.29) is 6.10 Å². The van der Waals surface area contributed by atoms with Crippen LogP contribution in [0.5, 0.6) is 11.5 Å². The van der Waals surface area contributed by atoms with Crippen molar-refractivity contribution in [3.8, 4) is 11.5 Å². The number of anilines is 1. The van der Waals surface area contributed by atoms with Crippen molar-refractivity contribution in [2.24, 2.45) is 5.10 Å². The summed E-state index contributed by atoms with van der Waals surface area (Å²) in [6.07, 6.45) is 1.80. The van der Waals surface area contributed by atoms with Crippen molar-refractivity contribution in [3.63, 3.8) is 0 Å². The number of halogens is 1. The predicted molar refractivity (Wildman–Crippen MR) is 91.4 cm³/mol. The average molecular weight is 319 g/mol. The molecule has 0 fully saturated rings. The minimum Gasteiger partial charge on any atom is -0.497 e. The Balaban J connectivity index is 1.99. The Morgan fingerprint density at radius 1 is 1.14 bits per heavy atom. The summed E-state index contributed by atoms with van der Waals surface area (Å²) in [4.78, 5) is 0. The van der Waals surface area contributed by atoms with Gasteiger partial charge in [-0.3, -0.25) is 5.43 Å². The van der Waals surface area contributed by atoms with Crippen LogP contribution in [-0.2, 0) is 0 Å². The Hall–Kier alpha value is -2.20. The number of nitrogens with zero attached hydrogens (tertiary/aromatic N) is 1. The molecule has 0 heterocycles. The van der Waals surface area contributed by atoms with Gasteiger partial charge in [0.2, 0.25) is 0 Å². The Kier molecular flexibility index (Phi) is 5.67. The molecule has 0 saturated carbocycles. The molecule has 5 heteroatoms. The molecule has 2 aromatic rings. The van der Waals surface area contributed by atoms with E-state index in [1.807, 2.05) is 56.3 Å². The quantitative estimate of drug-likeness (QED) is 0.626. The molecule has 0 aliphatic heterocycles. The molecule has 2 rings (SSSR count). The summed E-state index contributed by atoms with van der Waals surface area (Å²) in [5.74, 6) is 1.49. The van der Waals surface area contributed by atoms with Gasteiger partial charge in [-0.2, -0.15) is 5.10 Å². The number of benzene rings is 2. The molecule has 22 heavy (non-hydrogen) atoms. The molecule has 0 saturated heterocycles. The fourth-order valence-electron chi connectivity index (χ4n) is 1.79. The lowest BCUT2D eigenvalue weighted by Gasteiger charge is -2.11. The van der Waals surface area contributed by atoms with Crippen molar-refractivity contribution in [1.29, 1.82) is 0 Å². The fraction of sp³-hybridized carbons (Fsp3) is 0.235. The number of methoxy groups -OCH3 is 1. The van der Waals surface area contributed by atoms with E-state index >= 15 is 0 Å². The number of rotatable bonds is 6. The first-order valence-corrected chi connectivity index (χ1v) is 7.35. The maximum Gasteiger partial charge on any atom is 0.138 e. The topological polar surface area (TPSA) is 42.8 Å². The van der Waals surface area contributed by atoms with Gasteiger partial charge in [0.05, 0.1) is 30.1 Å². The highest BCUT2D eigenvalue weighted by atomic mass is 35.5. The van der Waals surface area contributed by atoms with Crippen LogP contribution in [0.1, 0.15) is 19.4 Å². The Morgan fingerprint density at radius 2 is 1.86 bits per heavy atom. The monoisotopic (exact) mass is 318 g/mol. The van der Waals surface area contributed by atoms with Gasteiger partial charge in [0, 0.05) is 0 Å². The molecule has 0 aliphatic carbocycles. The Bertz CT molecular complexity index is 640. The van der Waals surface area contributed by atoms with E-state index in [4.69, 9.17) is 21.1 Å². The normalized spacial score (nSPS) is 11.0. The third-order valence-corrected chi connectivity index (χ3v) is 3.11. The molecule has 0 aromatic heterocycles. The summed E-state index contributed by atoms with van der Waals surface area (Å²) in [5, 5.41) is 4.76. The van der Waals surface area contributed by atoms with Crippen LogP contribution in [0.25, 0.3) is 0 Å². The molecule has 0 unspecified atom stereocenters. The van der Waals surface area contributed by atoms with E-state index in [2.05, 4.69) is 10.5 Å². The molecule has 1 N–H and O–H groups in total. The number of nitrogens with one attached hydrogen (secondary N) is 1. The van der Waals surface area contributed by atoms with Crippen LogP contribution in [-0.4, -0.2) is 19.4 Å². The van der Waals surface area contributed by atoms with Crippen LogP contribution in [0.4, 0.5) is 5.69 Å². The Labute approximate surface area is 135 Å². The highest BCUT2D eigenvalue weighted by Crippen LogP contribution is 2.25. The molecule has 0 aliphatic rings. The lowest BCUT2D eigenvalue weighted by atomic mass is 10.2. The van der Waals surface area contributed by atoms with Gasteiger partial charge in [-0.25, -0.2) is 0 Å². The molecule has 4 nitrogen and oxygen atoms in total. The molecular weight excluding hydrogens is 300 g/mol. The zero-order valence-electron chi connectivity index (χ0n) is 12.8.